The highest BCUT2D eigenvalue weighted by atomic mass is 15.3. The SMILES string of the molecule is CCn1ccnc1NCCn1cc(N)cn1. The molecule has 2 heterocycles. The molecule has 6 heteroatoms. The van der Waals surface area contributed by atoms with Crippen molar-refractivity contribution in [1.29, 1.82) is 0 Å². The first-order valence-electron chi connectivity index (χ1n) is 5.32. The molecule has 0 aliphatic rings. The molecule has 3 N–H and O–H groups in total. The summed E-state index contributed by atoms with van der Waals surface area (Å²) in [4.78, 5) is 4.22. The number of nitrogens with zero attached hydrogens (tertiary/aromatic N) is 4. The molecule has 2 aromatic rings. The quantitative estimate of drug-likeness (QED) is 0.781. The maximum absolute atomic E-state index is 5.57. The molecule has 0 atom stereocenters. The molecule has 0 saturated heterocycles. The fourth-order valence-corrected chi connectivity index (χ4v) is 1.52. The Morgan fingerprint density at radius 1 is 1.50 bits per heavy atom. The average Bonchev–Trinajstić information content (AvgIpc) is 2.87. The van der Waals surface area contributed by atoms with Crippen LogP contribution in [0.5, 0.6) is 0 Å². The predicted molar refractivity (Wildman–Crippen MR) is 63.0 cm³/mol. The van der Waals surface area contributed by atoms with Gasteiger partial charge in [0, 0.05) is 31.7 Å². The van der Waals surface area contributed by atoms with Crippen LogP contribution in [-0.2, 0) is 13.1 Å². The third-order valence-corrected chi connectivity index (χ3v) is 2.33. The fourth-order valence-electron chi connectivity index (χ4n) is 1.52. The molecule has 0 aromatic carbocycles. The second-order valence-electron chi connectivity index (χ2n) is 3.50. The number of hydrogen-bond acceptors (Lipinski definition) is 4. The molecule has 0 aliphatic heterocycles. The Morgan fingerprint density at radius 3 is 3.06 bits per heavy atom. The zero-order valence-electron chi connectivity index (χ0n) is 9.30. The van der Waals surface area contributed by atoms with Crippen molar-refractivity contribution in [3.8, 4) is 0 Å². The lowest BCUT2D eigenvalue weighted by molar-refractivity contribution is 0.632. The minimum atomic E-state index is 0.690. The molecule has 2 aromatic heterocycles. The van der Waals surface area contributed by atoms with Crippen LogP contribution >= 0.6 is 0 Å². The monoisotopic (exact) mass is 220 g/mol. The van der Waals surface area contributed by atoms with E-state index in [1.165, 1.54) is 0 Å². The summed E-state index contributed by atoms with van der Waals surface area (Å²) in [6.07, 6.45) is 7.20. The predicted octanol–water partition coefficient (Wildman–Crippen LogP) is 0.794. The maximum atomic E-state index is 5.57. The van der Waals surface area contributed by atoms with Gasteiger partial charge in [-0.1, -0.05) is 0 Å². The maximum Gasteiger partial charge on any atom is 0.202 e. The van der Waals surface area contributed by atoms with Gasteiger partial charge in [0.15, 0.2) is 0 Å². The molecule has 0 spiro atoms. The first kappa shape index (κ1) is 10.5. The van der Waals surface area contributed by atoms with Gasteiger partial charge in [-0.15, -0.1) is 0 Å². The summed E-state index contributed by atoms with van der Waals surface area (Å²) in [5, 5.41) is 7.35. The van der Waals surface area contributed by atoms with Crippen LogP contribution in [0.25, 0.3) is 0 Å². The molecule has 6 nitrogen and oxygen atoms in total. The van der Waals surface area contributed by atoms with Crippen molar-refractivity contribution in [2.75, 3.05) is 17.6 Å². The number of imidazole rings is 1. The van der Waals surface area contributed by atoms with Gasteiger partial charge in [0.25, 0.3) is 0 Å². The molecule has 0 bridgehead atoms. The topological polar surface area (TPSA) is 73.7 Å². The number of nitrogen functional groups attached to an aromatic ring is 1. The van der Waals surface area contributed by atoms with Gasteiger partial charge >= 0.3 is 0 Å². The smallest absolute Gasteiger partial charge is 0.202 e. The molecule has 2 rings (SSSR count). The summed E-state index contributed by atoms with van der Waals surface area (Å²) in [5.74, 6) is 0.891. The molecule has 0 aliphatic carbocycles. The summed E-state index contributed by atoms with van der Waals surface area (Å²) in [5.41, 5.74) is 6.26. The Kier molecular flexibility index (Phi) is 3.09. The van der Waals surface area contributed by atoms with Crippen molar-refractivity contribution in [1.82, 2.24) is 19.3 Å². The Labute approximate surface area is 94.1 Å². The number of anilines is 2. The lowest BCUT2D eigenvalue weighted by Gasteiger charge is -2.07. The number of rotatable bonds is 5. The second kappa shape index (κ2) is 4.69. The van der Waals surface area contributed by atoms with Gasteiger partial charge in [0.1, 0.15) is 0 Å². The fraction of sp³-hybridized carbons (Fsp3) is 0.400. The highest BCUT2D eigenvalue weighted by Crippen LogP contribution is 2.03. The van der Waals surface area contributed by atoms with Gasteiger partial charge in [-0.05, 0) is 6.92 Å². The minimum absolute atomic E-state index is 0.690. The van der Waals surface area contributed by atoms with Crippen LogP contribution in [0.2, 0.25) is 0 Å². The molecule has 0 radical (unpaired) electrons. The molecule has 86 valence electrons. The van der Waals surface area contributed by atoms with E-state index in [-0.39, 0.29) is 0 Å². The van der Waals surface area contributed by atoms with Gasteiger partial charge in [-0.2, -0.15) is 5.10 Å². The van der Waals surface area contributed by atoms with Gasteiger partial charge < -0.3 is 15.6 Å². The second-order valence-corrected chi connectivity index (χ2v) is 3.50. The lowest BCUT2D eigenvalue weighted by Crippen LogP contribution is -2.13. The van der Waals surface area contributed by atoms with Crippen LogP contribution < -0.4 is 11.1 Å². The summed E-state index contributed by atoms with van der Waals surface area (Å²) in [7, 11) is 0. The molecule has 16 heavy (non-hydrogen) atoms. The van der Waals surface area contributed by atoms with E-state index in [4.69, 9.17) is 5.73 Å². The summed E-state index contributed by atoms with van der Waals surface area (Å²) >= 11 is 0. The molecule has 0 fully saturated rings. The zero-order valence-corrected chi connectivity index (χ0v) is 9.30. The molecule has 0 unspecified atom stereocenters. The van der Waals surface area contributed by atoms with E-state index in [2.05, 4.69) is 26.9 Å². The third kappa shape index (κ3) is 2.33. The highest BCUT2D eigenvalue weighted by Gasteiger charge is 1.99. The van der Waals surface area contributed by atoms with Gasteiger partial charge in [-0.3, -0.25) is 4.68 Å². The van der Waals surface area contributed by atoms with Crippen LogP contribution in [0.4, 0.5) is 11.6 Å². The number of hydrogen-bond donors (Lipinski definition) is 2. The van der Waals surface area contributed by atoms with Gasteiger partial charge in [0.2, 0.25) is 5.95 Å². The largest absolute Gasteiger partial charge is 0.396 e. The van der Waals surface area contributed by atoms with Crippen LogP contribution in [0.15, 0.2) is 24.8 Å². The van der Waals surface area contributed by atoms with E-state index < -0.39 is 0 Å². The van der Waals surface area contributed by atoms with Crippen LogP contribution in [0.3, 0.4) is 0 Å². The number of nitrogens with two attached hydrogens (primary N) is 1. The first-order valence-corrected chi connectivity index (χ1v) is 5.32. The van der Waals surface area contributed by atoms with Crippen molar-refractivity contribution in [3.05, 3.63) is 24.8 Å². The Hall–Kier alpha value is -1.98. The van der Waals surface area contributed by atoms with Crippen molar-refractivity contribution in [2.24, 2.45) is 0 Å². The van der Waals surface area contributed by atoms with E-state index in [0.29, 0.717) is 5.69 Å². The Morgan fingerprint density at radius 2 is 2.38 bits per heavy atom. The number of aryl methyl sites for hydroxylation is 1. The van der Waals surface area contributed by atoms with Crippen LogP contribution in [0.1, 0.15) is 6.92 Å². The van der Waals surface area contributed by atoms with E-state index in [9.17, 15) is 0 Å². The number of aromatic nitrogens is 4. The normalized spacial score (nSPS) is 10.6. The third-order valence-electron chi connectivity index (χ3n) is 2.33. The lowest BCUT2D eigenvalue weighted by atomic mass is 10.6. The van der Waals surface area contributed by atoms with E-state index in [1.54, 1.807) is 12.4 Å². The summed E-state index contributed by atoms with van der Waals surface area (Å²) in [6.45, 7) is 4.55. The minimum Gasteiger partial charge on any atom is -0.396 e. The van der Waals surface area contributed by atoms with Crippen molar-refractivity contribution >= 4 is 11.6 Å². The van der Waals surface area contributed by atoms with E-state index in [1.807, 2.05) is 17.1 Å². The van der Waals surface area contributed by atoms with Crippen LogP contribution in [0, 0.1) is 0 Å². The molecule has 0 saturated carbocycles. The average molecular weight is 220 g/mol. The zero-order chi connectivity index (χ0) is 11.4. The highest BCUT2D eigenvalue weighted by molar-refractivity contribution is 5.30. The van der Waals surface area contributed by atoms with E-state index >= 15 is 0 Å². The van der Waals surface area contributed by atoms with Gasteiger partial charge in [0.05, 0.1) is 18.4 Å². The Balaban J connectivity index is 1.84. The van der Waals surface area contributed by atoms with E-state index in [0.717, 1.165) is 25.6 Å². The molecular formula is C10H16N6. The summed E-state index contributed by atoms with van der Waals surface area (Å²) < 4.78 is 3.86. The summed E-state index contributed by atoms with van der Waals surface area (Å²) in [6, 6.07) is 0. The van der Waals surface area contributed by atoms with Crippen molar-refractivity contribution < 1.29 is 0 Å². The molecular weight excluding hydrogens is 204 g/mol. The van der Waals surface area contributed by atoms with Crippen molar-refractivity contribution in [2.45, 2.75) is 20.0 Å². The molecule has 0 amide bonds. The van der Waals surface area contributed by atoms with Crippen molar-refractivity contribution in [3.63, 3.8) is 0 Å². The standard InChI is InChI=1S/C10H16N6/c1-2-15-5-3-12-10(15)13-4-6-16-8-9(11)7-14-16/h3,5,7-8H,2,4,6,11H2,1H3,(H,12,13). The number of nitrogens with one attached hydrogen (secondary N) is 1. The van der Waals surface area contributed by atoms with Crippen LogP contribution in [-0.4, -0.2) is 25.9 Å². The Bertz CT molecular complexity index is 444. The first-order chi connectivity index (χ1) is 7.79. The van der Waals surface area contributed by atoms with Gasteiger partial charge in [-0.25, -0.2) is 4.98 Å².